The monoisotopic (exact) mass is 305 g/mol. The second-order valence-electron chi connectivity index (χ2n) is 5.37. The minimum absolute atomic E-state index is 0.127. The van der Waals surface area contributed by atoms with E-state index in [9.17, 15) is 23.1 Å². The van der Waals surface area contributed by atoms with E-state index in [-0.39, 0.29) is 24.8 Å². The van der Waals surface area contributed by atoms with Crippen molar-refractivity contribution in [2.75, 3.05) is 20.2 Å². The molecule has 0 aromatic heterocycles. The zero-order chi connectivity index (χ0) is 16.3. The number of nitrogens with zero attached hydrogens (tertiary/aromatic N) is 1. The molecule has 7 heteroatoms. The van der Waals surface area contributed by atoms with E-state index >= 15 is 0 Å². The van der Waals surface area contributed by atoms with Gasteiger partial charge in [0, 0.05) is 13.6 Å². The molecule has 1 N–H and O–H groups in total. The fourth-order valence-electron chi connectivity index (χ4n) is 1.66. The van der Waals surface area contributed by atoms with E-state index in [0.29, 0.717) is 0 Å². The van der Waals surface area contributed by atoms with Gasteiger partial charge in [0.1, 0.15) is 5.75 Å². The second-order valence-corrected chi connectivity index (χ2v) is 5.37. The minimum atomic E-state index is -4.40. The van der Waals surface area contributed by atoms with Gasteiger partial charge in [0.25, 0.3) is 5.91 Å². The number of carbonyl (C=O) groups is 1. The highest BCUT2D eigenvalue weighted by molar-refractivity contribution is 5.77. The number of rotatable bonds is 5. The van der Waals surface area contributed by atoms with E-state index in [1.165, 1.54) is 11.9 Å². The fraction of sp³-hybridized carbons (Fsp3) is 0.500. The molecule has 0 aliphatic rings. The first-order valence-electron chi connectivity index (χ1n) is 6.25. The van der Waals surface area contributed by atoms with Crippen LogP contribution in [-0.2, 0) is 11.0 Å². The van der Waals surface area contributed by atoms with Gasteiger partial charge in [-0.15, -0.1) is 0 Å². The summed E-state index contributed by atoms with van der Waals surface area (Å²) < 4.78 is 42.2. The predicted octanol–water partition coefficient (Wildman–Crippen LogP) is 2.31. The lowest BCUT2D eigenvalue weighted by molar-refractivity contribution is -0.138. The van der Waals surface area contributed by atoms with Gasteiger partial charge in [-0.3, -0.25) is 4.79 Å². The van der Waals surface area contributed by atoms with Crippen LogP contribution in [0.1, 0.15) is 19.4 Å². The highest BCUT2D eigenvalue weighted by atomic mass is 19.4. The van der Waals surface area contributed by atoms with Crippen LogP contribution >= 0.6 is 0 Å². The number of aliphatic hydroxyl groups is 1. The maximum Gasteiger partial charge on any atom is 0.416 e. The number of benzene rings is 1. The number of halogens is 3. The highest BCUT2D eigenvalue weighted by Crippen LogP contribution is 2.30. The van der Waals surface area contributed by atoms with Crippen LogP contribution in [0.4, 0.5) is 13.2 Å². The molecule has 21 heavy (non-hydrogen) atoms. The molecule has 0 unspecified atom stereocenters. The summed E-state index contributed by atoms with van der Waals surface area (Å²) in [7, 11) is 1.51. The zero-order valence-corrected chi connectivity index (χ0v) is 12.1. The molecule has 0 spiro atoms. The molecule has 1 aromatic rings. The van der Waals surface area contributed by atoms with Crippen molar-refractivity contribution in [3.63, 3.8) is 0 Å². The SMILES string of the molecule is CN(CC(C)(C)O)C(=O)COc1ccc(C(F)(F)F)cc1. The predicted molar refractivity (Wildman–Crippen MR) is 70.9 cm³/mol. The molecule has 0 bridgehead atoms. The van der Waals surface area contributed by atoms with Crippen LogP contribution in [-0.4, -0.2) is 41.7 Å². The minimum Gasteiger partial charge on any atom is -0.484 e. The highest BCUT2D eigenvalue weighted by Gasteiger charge is 2.30. The number of likely N-dealkylation sites (N-methyl/N-ethyl adjacent to an activating group) is 1. The Balaban J connectivity index is 2.54. The number of amides is 1. The summed E-state index contributed by atoms with van der Waals surface area (Å²) in [5.74, 6) is -0.204. The third-order valence-corrected chi connectivity index (χ3v) is 2.59. The Kier molecular flexibility index (Phi) is 5.22. The number of ether oxygens (including phenoxy) is 1. The summed E-state index contributed by atoms with van der Waals surface area (Å²) >= 11 is 0. The third kappa shape index (κ3) is 6.03. The summed E-state index contributed by atoms with van der Waals surface area (Å²) in [6, 6.07) is 4.10. The van der Waals surface area contributed by atoms with E-state index in [2.05, 4.69) is 0 Å². The Labute approximate surface area is 121 Å². The van der Waals surface area contributed by atoms with Crippen molar-refractivity contribution in [2.45, 2.75) is 25.6 Å². The molecule has 0 fully saturated rings. The molecule has 1 aromatic carbocycles. The first kappa shape index (κ1) is 17.3. The van der Waals surface area contributed by atoms with Crippen LogP contribution in [0, 0.1) is 0 Å². The third-order valence-electron chi connectivity index (χ3n) is 2.59. The van der Waals surface area contributed by atoms with E-state index in [4.69, 9.17) is 4.74 Å². The van der Waals surface area contributed by atoms with Crippen molar-refractivity contribution in [1.29, 1.82) is 0 Å². The van der Waals surface area contributed by atoms with Gasteiger partial charge in [-0.1, -0.05) is 0 Å². The lowest BCUT2D eigenvalue weighted by atomic mass is 10.1. The topological polar surface area (TPSA) is 49.8 Å². The van der Waals surface area contributed by atoms with Crippen molar-refractivity contribution < 1.29 is 27.8 Å². The van der Waals surface area contributed by atoms with Crippen molar-refractivity contribution >= 4 is 5.91 Å². The largest absolute Gasteiger partial charge is 0.484 e. The molecule has 4 nitrogen and oxygen atoms in total. The second kappa shape index (κ2) is 6.34. The summed E-state index contributed by atoms with van der Waals surface area (Å²) in [5, 5.41) is 9.59. The Bertz CT molecular complexity index is 478. The Morgan fingerprint density at radius 1 is 1.24 bits per heavy atom. The first-order chi connectivity index (χ1) is 9.49. The lowest BCUT2D eigenvalue weighted by Crippen LogP contribution is -2.41. The van der Waals surface area contributed by atoms with E-state index in [1.807, 2.05) is 0 Å². The van der Waals surface area contributed by atoms with E-state index < -0.39 is 17.3 Å². The van der Waals surface area contributed by atoms with Gasteiger partial charge in [-0.05, 0) is 38.1 Å². The van der Waals surface area contributed by atoms with Crippen molar-refractivity contribution in [3.05, 3.63) is 29.8 Å². The average Bonchev–Trinajstić information content (AvgIpc) is 2.33. The number of hydrogen-bond acceptors (Lipinski definition) is 3. The summed E-state index contributed by atoms with van der Waals surface area (Å²) in [4.78, 5) is 13.0. The van der Waals surface area contributed by atoms with Gasteiger partial charge in [0.15, 0.2) is 6.61 Å². The molecular weight excluding hydrogens is 287 g/mol. The Morgan fingerprint density at radius 2 is 1.76 bits per heavy atom. The van der Waals surface area contributed by atoms with Gasteiger partial charge < -0.3 is 14.7 Å². The molecule has 1 amide bonds. The molecule has 0 radical (unpaired) electrons. The van der Waals surface area contributed by atoms with Gasteiger partial charge in [-0.2, -0.15) is 13.2 Å². The van der Waals surface area contributed by atoms with Gasteiger partial charge >= 0.3 is 6.18 Å². The summed E-state index contributed by atoms with van der Waals surface area (Å²) in [6.07, 6.45) is -4.40. The molecule has 0 saturated carbocycles. The Morgan fingerprint density at radius 3 is 2.19 bits per heavy atom. The normalized spacial score (nSPS) is 12.1. The summed E-state index contributed by atoms with van der Waals surface area (Å²) in [6.45, 7) is 2.95. The molecule has 1 rings (SSSR count). The van der Waals surface area contributed by atoms with E-state index in [1.54, 1.807) is 13.8 Å². The van der Waals surface area contributed by atoms with Crippen molar-refractivity contribution in [2.24, 2.45) is 0 Å². The summed E-state index contributed by atoms with van der Waals surface area (Å²) in [5.41, 5.74) is -1.81. The van der Waals surface area contributed by atoms with E-state index in [0.717, 1.165) is 24.3 Å². The fourth-order valence-corrected chi connectivity index (χ4v) is 1.66. The van der Waals surface area contributed by atoms with Crippen molar-refractivity contribution in [3.8, 4) is 5.75 Å². The van der Waals surface area contributed by atoms with Crippen LogP contribution in [0.5, 0.6) is 5.75 Å². The molecule has 0 saturated heterocycles. The standard InChI is InChI=1S/C14H18F3NO3/c1-13(2,20)9-18(3)12(19)8-21-11-6-4-10(5-7-11)14(15,16)17/h4-7,20H,8-9H2,1-3H3. The number of alkyl halides is 3. The Hall–Kier alpha value is -1.76. The quantitative estimate of drug-likeness (QED) is 0.908. The number of carbonyl (C=O) groups excluding carboxylic acids is 1. The first-order valence-corrected chi connectivity index (χ1v) is 6.25. The van der Waals surface area contributed by atoms with Gasteiger partial charge in [0.2, 0.25) is 0 Å². The van der Waals surface area contributed by atoms with Gasteiger partial charge in [0.05, 0.1) is 11.2 Å². The van der Waals surface area contributed by atoms with Crippen LogP contribution in [0.2, 0.25) is 0 Å². The van der Waals surface area contributed by atoms with Gasteiger partial charge in [-0.25, -0.2) is 0 Å². The lowest BCUT2D eigenvalue weighted by Gasteiger charge is -2.25. The van der Waals surface area contributed by atoms with Crippen LogP contribution in [0.3, 0.4) is 0 Å². The smallest absolute Gasteiger partial charge is 0.416 e. The van der Waals surface area contributed by atoms with Crippen LogP contribution in [0.25, 0.3) is 0 Å². The van der Waals surface area contributed by atoms with Crippen LogP contribution < -0.4 is 4.74 Å². The molecule has 0 aliphatic heterocycles. The average molecular weight is 305 g/mol. The number of hydrogen-bond donors (Lipinski definition) is 1. The molecule has 0 heterocycles. The maximum absolute atomic E-state index is 12.4. The molecule has 0 atom stereocenters. The maximum atomic E-state index is 12.4. The zero-order valence-electron chi connectivity index (χ0n) is 12.1. The molecular formula is C14H18F3NO3. The molecule has 118 valence electrons. The van der Waals surface area contributed by atoms with Crippen LogP contribution in [0.15, 0.2) is 24.3 Å². The van der Waals surface area contributed by atoms with Crippen molar-refractivity contribution in [1.82, 2.24) is 4.90 Å². The molecule has 0 aliphatic carbocycles.